The average molecular weight is 354 g/mol. The van der Waals surface area contributed by atoms with Crippen molar-refractivity contribution in [3.8, 4) is 0 Å². The fourth-order valence-corrected chi connectivity index (χ4v) is 3.29. The zero-order chi connectivity index (χ0) is 18.3. The van der Waals surface area contributed by atoms with E-state index in [0.29, 0.717) is 18.8 Å². The van der Waals surface area contributed by atoms with Crippen LogP contribution in [0.15, 0.2) is 35.3 Å². The van der Waals surface area contributed by atoms with E-state index >= 15 is 0 Å². The Balaban J connectivity index is 1.53. The Hall–Kier alpha value is -3.29. The average Bonchev–Trinajstić information content (AvgIpc) is 3.30. The van der Waals surface area contributed by atoms with E-state index in [4.69, 9.17) is 4.74 Å². The van der Waals surface area contributed by atoms with Crippen LogP contribution in [0.25, 0.3) is 11.6 Å². The number of carbonyl (C=O) groups excluding carboxylic acids is 2. The predicted octanol–water partition coefficient (Wildman–Crippen LogP) is 1.19. The summed E-state index contributed by atoms with van der Waals surface area (Å²) in [6.07, 6.45) is 3.24. The van der Waals surface area contributed by atoms with Crippen LogP contribution in [0.1, 0.15) is 18.2 Å². The highest BCUT2D eigenvalue weighted by molar-refractivity contribution is 5.91. The Bertz CT molecular complexity index is 954. The molecule has 8 nitrogen and oxygen atoms in total. The summed E-state index contributed by atoms with van der Waals surface area (Å²) in [4.78, 5) is 39.1. The van der Waals surface area contributed by atoms with E-state index in [-0.39, 0.29) is 24.2 Å². The molecule has 2 aliphatic rings. The molecule has 0 radical (unpaired) electrons. The van der Waals surface area contributed by atoms with Gasteiger partial charge in [0, 0.05) is 25.4 Å². The third-order valence-corrected chi connectivity index (χ3v) is 4.61. The van der Waals surface area contributed by atoms with Crippen molar-refractivity contribution >= 4 is 29.3 Å². The smallest absolute Gasteiger partial charge is 0.414 e. The number of nitrogens with zero attached hydrogens (tertiary/aromatic N) is 2. The molecule has 2 N–H and O–H groups in total. The van der Waals surface area contributed by atoms with Gasteiger partial charge in [-0.2, -0.15) is 0 Å². The molecule has 26 heavy (non-hydrogen) atoms. The van der Waals surface area contributed by atoms with Gasteiger partial charge in [-0.1, -0.05) is 12.1 Å². The van der Waals surface area contributed by atoms with Gasteiger partial charge in [0.2, 0.25) is 5.91 Å². The van der Waals surface area contributed by atoms with Gasteiger partial charge in [-0.15, -0.1) is 0 Å². The van der Waals surface area contributed by atoms with Gasteiger partial charge >= 0.3 is 11.8 Å². The number of ether oxygens (including phenoxy) is 1. The first kappa shape index (κ1) is 16.2. The molecule has 1 unspecified atom stereocenters. The summed E-state index contributed by atoms with van der Waals surface area (Å²) in [5.74, 6) is -0.147. The molecule has 4 rings (SSSR count). The normalized spacial score (nSPS) is 18.5. The van der Waals surface area contributed by atoms with Crippen molar-refractivity contribution in [1.82, 2.24) is 14.9 Å². The van der Waals surface area contributed by atoms with Crippen molar-refractivity contribution in [3.05, 3.63) is 52.2 Å². The van der Waals surface area contributed by atoms with Crippen molar-refractivity contribution in [2.75, 3.05) is 18.1 Å². The molecule has 2 amide bonds. The van der Waals surface area contributed by atoms with Gasteiger partial charge in [0.05, 0.1) is 18.3 Å². The number of amides is 2. The first-order valence-electron chi connectivity index (χ1n) is 8.32. The summed E-state index contributed by atoms with van der Waals surface area (Å²) in [6.45, 7) is 2.54. The number of fused-ring (bicyclic) bond motifs is 1. The van der Waals surface area contributed by atoms with Crippen LogP contribution < -0.4 is 15.9 Å². The molecule has 0 spiro atoms. The summed E-state index contributed by atoms with van der Waals surface area (Å²) in [5.41, 5.74) is 3.47. The quantitative estimate of drug-likeness (QED) is 0.862. The monoisotopic (exact) mass is 354 g/mol. The number of hydrogen-bond donors (Lipinski definition) is 2. The Kier molecular flexibility index (Phi) is 3.87. The third-order valence-electron chi connectivity index (χ3n) is 4.61. The van der Waals surface area contributed by atoms with Gasteiger partial charge in [0.25, 0.3) is 0 Å². The second kappa shape index (κ2) is 6.21. The van der Waals surface area contributed by atoms with Crippen molar-refractivity contribution < 1.29 is 14.3 Å². The van der Waals surface area contributed by atoms with Gasteiger partial charge in [-0.3, -0.25) is 14.3 Å². The minimum atomic E-state index is -0.421. The topological polar surface area (TPSA) is 96.4 Å². The molecule has 1 aromatic carbocycles. The summed E-state index contributed by atoms with van der Waals surface area (Å²) in [5, 5.41) is 2.72. The molecule has 0 aliphatic carbocycles. The van der Waals surface area contributed by atoms with Crippen LogP contribution in [0, 0.1) is 0 Å². The Labute approximate surface area is 149 Å². The second-order valence-corrected chi connectivity index (χ2v) is 6.36. The zero-order valence-electron chi connectivity index (χ0n) is 14.2. The van der Waals surface area contributed by atoms with E-state index in [1.807, 2.05) is 30.3 Å². The van der Waals surface area contributed by atoms with E-state index in [2.05, 4.69) is 10.3 Å². The molecule has 1 saturated heterocycles. The highest BCUT2D eigenvalue weighted by Crippen LogP contribution is 2.29. The van der Waals surface area contributed by atoms with Gasteiger partial charge in [0.1, 0.15) is 6.61 Å². The lowest BCUT2D eigenvalue weighted by Gasteiger charge is -2.21. The molecule has 8 heteroatoms. The molecule has 1 fully saturated rings. The zero-order valence-corrected chi connectivity index (χ0v) is 14.2. The Morgan fingerprint density at radius 3 is 2.77 bits per heavy atom. The largest absolute Gasteiger partial charge is 0.447 e. The number of carbonyl (C=O) groups is 2. The maximum Gasteiger partial charge on any atom is 0.414 e. The Morgan fingerprint density at radius 2 is 2.08 bits per heavy atom. The molecule has 1 atom stereocenters. The second-order valence-electron chi connectivity index (χ2n) is 6.36. The molecule has 2 aliphatic heterocycles. The number of aromatic amines is 1. The fourth-order valence-electron chi connectivity index (χ4n) is 3.29. The number of benzene rings is 1. The number of allylic oxidation sites excluding steroid dienone is 1. The van der Waals surface area contributed by atoms with Crippen LogP contribution in [-0.4, -0.2) is 40.7 Å². The highest BCUT2D eigenvalue weighted by atomic mass is 16.6. The number of nitrogens with one attached hydrogen (secondary N) is 2. The van der Waals surface area contributed by atoms with E-state index < -0.39 is 6.09 Å². The number of imidazole rings is 1. The summed E-state index contributed by atoms with van der Waals surface area (Å²) in [7, 11) is 0. The number of cyclic esters (lactones) is 1. The van der Waals surface area contributed by atoms with Gasteiger partial charge in [0.15, 0.2) is 0 Å². The van der Waals surface area contributed by atoms with Gasteiger partial charge < -0.3 is 15.0 Å². The lowest BCUT2D eigenvalue weighted by Crippen LogP contribution is -2.42. The maximum atomic E-state index is 12.1. The molecule has 3 heterocycles. The molecule has 0 saturated carbocycles. The van der Waals surface area contributed by atoms with Crippen molar-refractivity contribution in [2.24, 2.45) is 0 Å². The molecule has 0 bridgehead atoms. The summed E-state index contributed by atoms with van der Waals surface area (Å²) < 4.78 is 6.79. The van der Waals surface area contributed by atoms with Crippen LogP contribution in [0.4, 0.5) is 10.5 Å². The lowest BCUT2D eigenvalue weighted by molar-refractivity contribution is -0.119. The van der Waals surface area contributed by atoms with Crippen LogP contribution >= 0.6 is 0 Å². The predicted molar refractivity (Wildman–Crippen MR) is 95.7 cm³/mol. The molecule has 2 aromatic rings. The van der Waals surface area contributed by atoms with Crippen molar-refractivity contribution in [1.29, 1.82) is 0 Å². The fraction of sp³-hybridized carbons (Fsp3) is 0.278. The van der Waals surface area contributed by atoms with Gasteiger partial charge in [-0.05, 0) is 29.3 Å². The highest BCUT2D eigenvalue weighted by Gasteiger charge is 2.34. The molecule has 134 valence electrons. The van der Waals surface area contributed by atoms with Crippen molar-refractivity contribution in [3.63, 3.8) is 0 Å². The van der Waals surface area contributed by atoms with Crippen LogP contribution in [0.5, 0.6) is 0 Å². The molecular formula is C18H18N4O4. The van der Waals surface area contributed by atoms with Crippen LogP contribution in [0.2, 0.25) is 0 Å². The minimum Gasteiger partial charge on any atom is -0.447 e. The third kappa shape index (κ3) is 2.79. The SMILES string of the molecule is CC(=O)NCC1COC(=O)N1c1ccc(C2=Cc3c[nH]c(=O)n3C2)cc1. The van der Waals surface area contributed by atoms with Crippen LogP contribution in [0.3, 0.4) is 0 Å². The van der Waals surface area contributed by atoms with Crippen molar-refractivity contribution in [2.45, 2.75) is 19.5 Å². The maximum absolute atomic E-state index is 12.1. The number of hydrogen-bond acceptors (Lipinski definition) is 4. The van der Waals surface area contributed by atoms with E-state index in [9.17, 15) is 14.4 Å². The summed E-state index contributed by atoms with van der Waals surface area (Å²) in [6, 6.07) is 7.30. The summed E-state index contributed by atoms with van der Waals surface area (Å²) >= 11 is 0. The van der Waals surface area contributed by atoms with E-state index in [1.54, 1.807) is 15.7 Å². The van der Waals surface area contributed by atoms with Crippen LogP contribution in [-0.2, 0) is 16.1 Å². The lowest BCUT2D eigenvalue weighted by atomic mass is 10.1. The minimum absolute atomic E-state index is 0.122. The number of aromatic nitrogens is 2. The number of anilines is 1. The number of rotatable bonds is 4. The standard InChI is InChI=1S/C18H18N4O4/c1-11(23)19-8-16-10-26-18(25)22(16)14-4-2-12(3-5-14)13-6-15-7-20-17(24)21(15)9-13/h2-7,16H,8-10H2,1H3,(H,19,23)(H,20,24). The molecule has 1 aromatic heterocycles. The number of H-pyrrole nitrogens is 1. The van der Waals surface area contributed by atoms with Gasteiger partial charge in [-0.25, -0.2) is 9.59 Å². The first-order chi connectivity index (χ1) is 12.5. The van der Waals surface area contributed by atoms with E-state index in [0.717, 1.165) is 16.8 Å². The molecular weight excluding hydrogens is 336 g/mol. The Morgan fingerprint density at radius 1 is 1.31 bits per heavy atom. The van der Waals surface area contributed by atoms with E-state index in [1.165, 1.54) is 6.92 Å². The first-order valence-corrected chi connectivity index (χ1v) is 8.32.